The van der Waals surface area contributed by atoms with Crippen molar-refractivity contribution in [1.82, 2.24) is 10.6 Å². The third kappa shape index (κ3) is 5.75. The Kier molecular flexibility index (Phi) is 6.04. The van der Waals surface area contributed by atoms with Crippen LogP contribution in [0.1, 0.15) is 32.1 Å². The number of benzene rings is 1. The maximum atomic E-state index is 12.7. The number of thioether (sulfide) groups is 1. The van der Waals surface area contributed by atoms with Crippen molar-refractivity contribution in [3.8, 4) is 0 Å². The average molecular weight is 310 g/mol. The summed E-state index contributed by atoms with van der Waals surface area (Å²) in [5.74, 6) is -0.530. The number of nitrogens with one attached hydrogen (secondary N) is 2. The minimum Gasteiger partial charge on any atom is -0.335 e. The van der Waals surface area contributed by atoms with Crippen LogP contribution < -0.4 is 10.6 Å². The molecule has 0 aliphatic heterocycles. The highest BCUT2D eigenvalue weighted by atomic mass is 32.2. The van der Waals surface area contributed by atoms with Crippen LogP contribution in [0.4, 0.5) is 9.18 Å². The standard InChI is InChI=1S/C15H19FN2O2S/c16-11-6-8-13(9-7-11)21-10-14(19)18-15(20)17-12-4-2-1-3-5-12/h6-9,12H,1-5,10H2,(H2,17,18,19,20). The fourth-order valence-electron chi connectivity index (χ4n) is 2.31. The fraction of sp³-hybridized carbons (Fsp3) is 0.467. The first kappa shape index (κ1) is 15.8. The highest BCUT2D eigenvalue weighted by Crippen LogP contribution is 2.18. The topological polar surface area (TPSA) is 58.2 Å². The average Bonchev–Trinajstić information content (AvgIpc) is 2.47. The summed E-state index contributed by atoms with van der Waals surface area (Å²) in [4.78, 5) is 24.1. The quantitative estimate of drug-likeness (QED) is 0.840. The van der Waals surface area contributed by atoms with Crippen molar-refractivity contribution in [2.24, 2.45) is 0 Å². The lowest BCUT2D eigenvalue weighted by Crippen LogP contribution is -2.45. The molecule has 1 aromatic rings. The molecular weight excluding hydrogens is 291 g/mol. The van der Waals surface area contributed by atoms with Crippen molar-refractivity contribution in [1.29, 1.82) is 0 Å². The normalized spacial score (nSPS) is 15.5. The van der Waals surface area contributed by atoms with E-state index in [2.05, 4.69) is 10.6 Å². The third-order valence-electron chi connectivity index (χ3n) is 3.38. The Morgan fingerprint density at radius 1 is 1.14 bits per heavy atom. The number of halogens is 1. The van der Waals surface area contributed by atoms with Crippen LogP contribution in [0.3, 0.4) is 0 Å². The first-order valence-electron chi connectivity index (χ1n) is 7.12. The molecule has 0 aromatic heterocycles. The molecule has 0 heterocycles. The molecule has 1 fully saturated rings. The molecule has 1 aromatic carbocycles. The second-order valence-corrected chi connectivity index (χ2v) is 6.15. The van der Waals surface area contributed by atoms with E-state index in [-0.39, 0.29) is 23.5 Å². The zero-order valence-electron chi connectivity index (χ0n) is 11.7. The maximum absolute atomic E-state index is 12.7. The predicted octanol–water partition coefficient (Wildman–Crippen LogP) is 3.08. The zero-order chi connectivity index (χ0) is 15.1. The molecule has 21 heavy (non-hydrogen) atoms. The summed E-state index contributed by atoms with van der Waals surface area (Å²) in [6.07, 6.45) is 5.42. The second kappa shape index (κ2) is 8.02. The summed E-state index contributed by atoms with van der Waals surface area (Å²) in [6, 6.07) is 5.65. The van der Waals surface area contributed by atoms with E-state index in [4.69, 9.17) is 0 Å². The van der Waals surface area contributed by atoms with E-state index in [9.17, 15) is 14.0 Å². The molecule has 4 nitrogen and oxygen atoms in total. The van der Waals surface area contributed by atoms with E-state index < -0.39 is 6.03 Å². The molecule has 6 heteroatoms. The van der Waals surface area contributed by atoms with Crippen LogP contribution in [0, 0.1) is 5.82 Å². The van der Waals surface area contributed by atoms with E-state index in [0.717, 1.165) is 30.6 Å². The second-order valence-electron chi connectivity index (χ2n) is 5.10. The zero-order valence-corrected chi connectivity index (χ0v) is 12.5. The molecule has 0 unspecified atom stereocenters. The largest absolute Gasteiger partial charge is 0.335 e. The van der Waals surface area contributed by atoms with Crippen molar-refractivity contribution >= 4 is 23.7 Å². The van der Waals surface area contributed by atoms with Crippen molar-refractivity contribution in [3.63, 3.8) is 0 Å². The summed E-state index contributed by atoms with van der Waals surface area (Å²) >= 11 is 1.27. The predicted molar refractivity (Wildman–Crippen MR) is 80.7 cm³/mol. The Bertz CT molecular complexity index is 487. The van der Waals surface area contributed by atoms with Crippen LogP contribution >= 0.6 is 11.8 Å². The minimum absolute atomic E-state index is 0.129. The van der Waals surface area contributed by atoms with Gasteiger partial charge in [0.15, 0.2) is 0 Å². The molecule has 114 valence electrons. The van der Waals surface area contributed by atoms with E-state index >= 15 is 0 Å². The molecule has 1 aliphatic rings. The van der Waals surface area contributed by atoms with Crippen molar-refractivity contribution in [3.05, 3.63) is 30.1 Å². The van der Waals surface area contributed by atoms with Crippen LogP contribution in [-0.2, 0) is 4.79 Å². The number of hydrogen-bond acceptors (Lipinski definition) is 3. The lowest BCUT2D eigenvalue weighted by atomic mass is 9.96. The van der Waals surface area contributed by atoms with Gasteiger partial charge in [-0.25, -0.2) is 9.18 Å². The van der Waals surface area contributed by atoms with Crippen LogP contribution in [0.25, 0.3) is 0 Å². The smallest absolute Gasteiger partial charge is 0.321 e. The maximum Gasteiger partial charge on any atom is 0.321 e. The number of carbonyl (C=O) groups is 2. The van der Waals surface area contributed by atoms with Crippen LogP contribution in [-0.4, -0.2) is 23.7 Å². The summed E-state index contributed by atoms with van der Waals surface area (Å²) in [5.41, 5.74) is 0. The lowest BCUT2D eigenvalue weighted by molar-refractivity contribution is -0.117. The van der Waals surface area contributed by atoms with Gasteiger partial charge in [-0.3, -0.25) is 10.1 Å². The van der Waals surface area contributed by atoms with Gasteiger partial charge < -0.3 is 5.32 Å². The highest BCUT2D eigenvalue weighted by molar-refractivity contribution is 8.00. The van der Waals surface area contributed by atoms with E-state index in [1.165, 1.54) is 30.3 Å². The summed E-state index contributed by atoms with van der Waals surface area (Å²) < 4.78 is 12.7. The molecule has 2 rings (SSSR count). The monoisotopic (exact) mass is 310 g/mol. The highest BCUT2D eigenvalue weighted by Gasteiger charge is 2.16. The molecule has 1 aliphatic carbocycles. The number of amides is 3. The van der Waals surface area contributed by atoms with Crippen molar-refractivity contribution in [2.45, 2.75) is 43.0 Å². The molecule has 0 atom stereocenters. The van der Waals surface area contributed by atoms with Crippen molar-refractivity contribution in [2.75, 3.05) is 5.75 Å². The molecular formula is C15H19FN2O2S. The summed E-state index contributed by atoms with van der Waals surface area (Å²) in [7, 11) is 0. The number of hydrogen-bond donors (Lipinski definition) is 2. The molecule has 2 N–H and O–H groups in total. The Morgan fingerprint density at radius 3 is 2.48 bits per heavy atom. The number of urea groups is 1. The SMILES string of the molecule is O=C(CSc1ccc(F)cc1)NC(=O)NC1CCCCC1. The van der Waals surface area contributed by atoms with Crippen LogP contribution in [0.2, 0.25) is 0 Å². The lowest BCUT2D eigenvalue weighted by Gasteiger charge is -2.22. The Balaban J connectivity index is 1.68. The summed E-state index contributed by atoms with van der Waals surface area (Å²) in [6.45, 7) is 0. The van der Waals surface area contributed by atoms with Gasteiger partial charge in [0.05, 0.1) is 5.75 Å². The number of imide groups is 1. The molecule has 0 saturated heterocycles. The number of rotatable bonds is 4. The fourth-order valence-corrected chi connectivity index (χ4v) is 3.01. The van der Waals surface area contributed by atoms with E-state index in [1.54, 1.807) is 12.1 Å². The van der Waals surface area contributed by atoms with Gasteiger partial charge in [-0.05, 0) is 37.1 Å². The van der Waals surface area contributed by atoms with Crippen LogP contribution in [0.5, 0.6) is 0 Å². The molecule has 1 saturated carbocycles. The van der Waals surface area contributed by atoms with Gasteiger partial charge in [-0.15, -0.1) is 11.8 Å². The van der Waals surface area contributed by atoms with Crippen LogP contribution in [0.15, 0.2) is 29.2 Å². The van der Waals surface area contributed by atoms with Gasteiger partial charge in [-0.2, -0.15) is 0 Å². The third-order valence-corrected chi connectivity index (χ3v) is 4.39. The first-order valence-corrected chi connectivity index (χ1v) is 8.11. The van der Waals surface area contributed by atoms with Gasteiger partial charge >= 0.3 is 6.03 Å². The van der Waals surface area contributed by atoms with Crippen molar-refractivity contribution < 1.29 is 14.0 Å². The van der Waals surface area contributed by atoms with Gasteiger partial charge in [0, 0.05) is 10.9 Å². The van der Waals surface area contributed by atoms with Gasteiger partial charge in [-0.1, -0.05) is 19.3 Å². The van der Waals surface area contributed by atoms with E-state index in [1.807, 2.05) is 0 Å². The van der Waals surface area contributed by atoms with Gasteiger partial charge in [0.2, 0.25) is 5.91 Å². The molecule has 0 bridgehead atoms. The molecule has 3 amide bonds. The first-order chi connectivity index (χ1) is 10.1. The van der Waals surface area contributed by atoms with Gasteiger partial charge in [0.1, 0.15) is 5.82 Å². The Labute approximate surface area is 127 Å². The van der Waals surface area contributed by atoms with E-state index in [0.29, 0.717) is 0 Å². The minimum atomic E-state index is -0.424. The summed E-state index contributed by atoms with van der Waals surface area (Å²) in [5, 5.41) is 5.15. The molecule has 0 spiro atoms. The Hall–Kier alpha value is -1.56. The molecule has 0 radical (unpaired) electrons. The van der Waals surface area contributed by atoms with Gasteiger partial charge in [0.25, 0.3) is 0 Å². The Morgan fingerprint density at radius 2 is 1.81 bits per heavy atom. The number of carbonyl (C=O) groups excluding carboxylic acids is 2.